The molecule has 0 N–H and O–H groups in total. The Balaban J connectivity index is 1.84. The lowest BCUT2D eigenvalue weighted by atomic mass is 9.96. The van der Waals surface area contributed by atoms with E-state index in [9.17, 15) is 13.2 Å². The van der Waals surface area contributed by atoms with Crippen molar-refractivity contribution in [2.24, 2.45) is 5.92 Å². The SMILES string of the molecule is FC(F)(F)C1CCN(Cc2ccccc2)CC1. The molecule has 1 aliphatic rings. The number of nitrogens with zero attached hydrogens (tertiary/aromatic N) is 1. The van der Waals surface area contributed by atoms with Crippen LogP contribution in [0.1, 0.15) is 18.4 Å². The molecule has 0 aromatic heterocycles. The first-order valence-corrected chi connectivity index (χ1v) is 5.89. The van der Waals surface area contributed by atoms with Gasteiger partial charge in [0.25, 0.3) is 0 Å². The Hall–Kier alpha value is -1.03. The van der Waals surface area contributed by atoms with Crippen LogP contribution in [0.2, 0.25) is 0 Å². The second-order valence-corrected chi connectivity index (χ2v) is 4.58. The van der Waals surface area contributed by atoms with E-state index in [0.29, 0.717) is 13.1 Å². The van der Waals surface area contributed by atoms with Crippen LogP contribution in [0.15, 0.2) is 30.3 Å². The van der Waals surface area contributed by atoms with Crippen LogP contribution in [0, 0.1) is 5.92 Å². The fourth-order valence-electron chi connectivity index (χ4n) is 2.26. The number of likely N-dealkylation sites (tertiary alicyclic amines) is 1. The maximum Gasteiger partial charge on any atom is 0.391 e. The zero-order valence-electron chi connectivity index (χ0n) is 9.58. The first-order valence-electron chi connectivity index (χ1n) is 5.89. The summed E-state index contributed by atoms with van der Waals surface area (Å²) in [5.74, 6) is -1.10. The minimum Gasteiger partial charge on any atom is -0.299 e. The number of piperidine rings is 1. The van der Waals surface area contributed by atoms with Crippen LogP contribution in [0.3, 0.4) is 0 Å². The fourth-order valence-corrected chi connectivity index (χ4v) is 2.26. The Morgan fingerprint density at radius 3 is 2.18 bits per heavy atom. The predicted molar refractivity (Wildman–Crippen MR) is 60.5 cm³/mol. The van der Waals surface area contributed by atoms with Crippen LogP contribution in [-0.4, -0.2) is 24.2 Å². The van der Waals surface area contributed by atoms with E-state index < -0.39 is 12.1 Å². The molecule has 1 aromatic rings. The molecule has 1 nitrogen and oxygen atoms in total. The molecule has 1 heterocycles. The van der Waals surface area contributed by atoms with Gasteiger partial charge in [-0.2, -0.15) is 13.2 Å². The maximum absolute atomic E-state index is 12.5. The Kier molecular flexibility index (Phi) is 3.72. The number of alkyl halides is 3. The second-order valence-electron chi connectivity index (χ2n) is 4.58. The molecule has 0 aliphatic carbocycles. The quantitative estimate of drug-likeness (QED) is 0.769. The van der Waals surface area contributed by atoms with E-state index in [0.717, 1.165) is 12.1 Å². The van der Waals surface area contributed by atoms with Crippen molar-refractivity contribution in [3.8, 4) is 0 Å². The summed E-state index contributed by atoms with van der Waals surface area (Å²) < 4.78 is 37.4. The predicted octanol–water partition coefficient (Wildman–Crippen LogP) is 3.46. The van der Waals surface area contributed by atoms with Crippen LogP contribution < -0.4 is 0 Å². The third kappa shape index (κ3) is 3.46. The second kappa shape index (κ2) is 5.08. The summed E-state index contributed by atoms with van der Waals surface area (Å²) in [6.45, 7) is 1.84. The van der Waals surface area contributed by atoms with E-state index >= 15 is 0 Å². The van der Waals surface area contributed by atoms with E-state index in [1.165, 1.54) is 0 Å². The van der Waals surface area contributed by atoms with E-state index in [-0.39, 0.29) is 12.8 Å². The molecule has 1 saturated heterocycles. The normalized spacial score (nSPS) is 19.5. The molecule has 0 unspecified atom stereocenters. The van der Waals surface area contributed by atoms with Gasteiger partial charge in [0.15, 0.2) is 0 Å². The van der Waals surface area contributed by atoms with Gasteiger partial charge in [0.05, 0.1) is 5.92 Å². The van der Waals surface area contributed by atoms with Gasteiger partial charge in [-0.05, 0) is 31.5 Å². The molecule has 0 atom stereocenters. The molecule has 0 radical (unpaired) electrons. The topological polar surface area (TPSA) is 3.24 Å². The monoisotopic (exact) mass is 243 g/mol. The molecule has 1 aromatic carbocycles. The molecular weight excluding hydrogens is 227 g/mol. The van der Waals surface area contributed by atoms with Crippen molar-refractivity contribution in [2.75, 3.05) is 13.1 Å². The average Bonchev–Trinajstić information content (AvgIpc) is 2.30. The van der Waals surface area contributed by atoms with Gasteiger partial charge in [-0.25, -0.2) is 0 Å². The molecule has 0 spiro atoms. The summed E-state index contributed by atoms with van der Waals surface area (Å²) >= 11 is 0. The van der Waals surface area contributed by atoms with Crippen molar-refractivity contribution < 1.29 is 13.2 Å². The molecule has 0 amide bonds. The van der Waals surface area contributed by atoms with Gasteiger partial charge < -0.3 is 0 Å². The number of hydrogen-bond acceptors (Lipinski definition) is 1. The summed E-state index contributed by atoms with van der Waals surface area (Å²) in [4.78, 5) is 2.09. The zero-order valence-corrected chi connectivity index (χ0v) is 9.58. The highest BCUT2D eigenvalue weighted by atomic mass is 19.4. The number of benzene rings is 1. The van der Waals surface area contributed by atoms with Gasteiger partial charge in [0, 0.05) is 6.54 Å². The van der Waals surface area contributed by atoms with Gasteiger partial charge in [-0.1, -0.05) is 30.3 Å². The number of hydrogen-bond donors (Lipinski definition) is 0. The molecular formula is C13H16F3N. The molecule has 94 valence electrons. The van der Waals surface area contributed by atoms with Crippen LogP contribution in [0.25, 0.3) is 0 Å². The minimum absolute atomic E-state index is 0.232. The van der Waals surface area contributed by atoms with Crippen LogP contribution in [0.4, 0.5) is 13.2 Å². The smallest absolute Gasteiger partial charge is 0.299 e. The van der Waals surface area contributed by atoms with E-state index in [2.05, 4.69) is 4.90 Å². The molecule has 0 bridgehead atoms. The Morgan fingerprint density at radius 1 is 1.06 bits per heavy atom. The van der Waals surface area contributed by atoms with Gasteiger partial charge in [-0.3, -0.25) is 4.90 Å². The summed E-state index contributed by atoms with van der Waals surface area (Å²) in [7, 11) is 0. The number of rotatable bonds is 2. The van der Waals surface area contributed by atoms with Gasteiger partial charge >= 0.3 is 6.18 Å². The summed E-state index contributed by atoms with van der Waals surface area (Å²) in [5, 5.41) is 0. The molecule has 4 heteroatoms. The largest absolute Gasteiger partial charge is 0.391 e. The van der Waals surface area contributed by atoms with Gasteiger partial charge in [-0.15, -0.1) is 0 Å². The van der Waals surface area contributed by atoms with Gasteiger partial charge in [0.2, 0.25) is 0 Å². The molecule has 17 heavy (non-hydrogen) atoms. The third-order valence-electron chi connectivity index (χ3n) is 3.30. The van der Waals surface area contributed by atoms with E-state index in [1.54, 1.807) is 0 Å². The molecule has 0 saturated carbocycles. The molecule has 1 fully saturated rings. The minimum atomic E-state index is -4.02. The summed E-state index contributed by atoms with van der Waals surface area (Å²) in [6.07, 6.45) is -3.55. The highest BCUT2D eigenvalue weighted by Gasteiger charge is 2.40. The van der Waals surface area contributed by atoms with Crippen molar-refractivity contribution in [1.82, 2.24) is 4.90 Å². The lowest BCUT2D eigenvalue weighted by Crippen LogP contribution is -2.38. The molecule has 1 aliphatic heterocycles. The Morgan fingerprint density at radius 2 is 1.65 bits per heavy atom. The third-order valence-corrected chi connectivity index (χ3v) is 3.30. The van der Waals surface area contributed by atoms with Crippen molar-refractivity contribution in [2.45, 2.75) is 25.6 Å². The van der Waals surface area contributed by atoms with E-state index in [1.807, 2.05) is 30.3 Å². The first kappa shape index (κ1) is 12.4. The van der Waals surface area contributed by atoms with Crippen molar-refractivity contribution in [1.29, 1.82) is 0 Å². The first-order chi connectivity index (χ1) is 8.05. The average molecular weight is 243 g/mol. The Bertz CT molecular complexity index is 339. The van der Waals surface area contributed by atoms with Crippen molar-refractivity contribution >= 4 is 0 Å². The molecule has 2 rings (SSSR count). The standard InChI is InChI=1S/C13H16F3N/c14-13(15,16)12-6-8-17(9-7-12)10-11-4-2-1-3-5-11/h1-5,12H,6-10H2. The highest BCUT2D eigenvalue weighted by molar-refractivity contribution is 5.14. The van der Waals surface area contributed by atoms with Gasteiger partial charge in [0.1, 0.15) is 0 Å². The van der Waals surface area contributed by atoms with Crippen LogP contribution in [0.5, 0.6) is 0 Å². The lowest BCUT2D eigenvalue weighted by molar-refractivity contribution is -0.185. The number of halogens is 3. The van der Waals surface area contributed by atoms with Crippen molar-refractivity contribution in [3.63, 3.8) is 0 Å². The van der Waals surface area contributed by atoms with Crippen LogP contribution in [-0.2, 0) is 6.54 Å². The fraction of sp³-hybridized carbons (Fsp3) is 0.538. The summed E-state index contributed by atoms with van der Waals surface area (Å²) in [5.41, 5.74) is 1.16. The van der Waals surface area contributed by atoms with Crippen LogP contribution >= 0.6 is 0 Å². The summed E-state index contributed by atoms with van der Waals surface area (Å²) in [6, 6.07) is 9.88. The Labute approximate surface area is 99.2 Å². The maximum atomic E-state index is 12.5. The highest BCUT2D eigenvalue weighted by Crippen LogP contribution is 2.34. The zero-order chi connectivity index (χ0) is 12.3. The lowest BCUT2D eigenvalue weighted by Gasteiger charge is -2.32. The van der Waals surface area contributed by atoms with Crippen molar-refractivity contribution in [3.05, 3.63) is 35.9 Å². The van der Waals surface area contributed by atoms with E-state index in [4.69, 9.17) is 0 Å².